The summed E-state index contributed by atoms with van der Waals surface area (Å²) in [5.74, 6) is 1.10. The van der Waals surface area contributed by atoms with Crippen LogP contribution in [-0.2, 0) is 6.54 Å². The highest BCUT2D eigenvalue weighted by Crippen LogP contribution is 2.29. The van der Waals surface area contributed by atoms with Gasteiger partial charge in [0.1, 0.15) is 17.2 Å². The molecule has 0 bridgehead atoms. The molecule has 7 nitrogen and oxygen atoms in total. The summed E-state index contributed by atoms with van der Waals surface area (Å²) < 4.78 is 10.5. The zero-order chi connectivity index (χ0) is 19.9. The molecule has 1 heterocycles. The highest BCUT2D eigenvalue weighted by atomic mass is 35.5. The van der Waals surface area contributed by atoms with Gasteiger partial charge in [-0.25, -0.2) is 9.97 Å². The van der Waals surface area contributed by atoms with Gasteiger partial charge in [0.15, 0.2) is 0 Å². The predicted molar refractivity (Wildman–Crippen MR) is 108 cm³/mol. The molecular weight excluding hydrogens is 380 g/mol. The first-order valence-corrected chi connectivity index (χ1v) is 8.81. The minimum atomic E-state index is -0.375. The van der Waals surface area contributed by atoms with Crippen molar-refractivity contribution in [2.24, 2.45) is 0 Å². The summed E-state index contributed by atoms with van der Waals surface area (Å²) in [7, 11) is 3.08. The molecule has 0 atom stereocenters. The normalized spacial score (nSPS) is 10.2. The molecule has 0 saturated heterocycles. The molecule has 0 aliphatic rings. The van der Waals surface area contributed by atoms with E-state index in [9.17, 15) is 4.79 Å². The molecule has 28 heavy (non-hydrogen) atoms. The van der Waals surface area contributed by atoms with Crippen molar-refractivity contribution in [3.63, 3.8) is 0 Å². The van der Waals surface area contributed by atoms with Gasteiger partial charge in [0.05, 0.1) is 19.9 Å². The smallest absolute Gasteiger partial charge is 0.274 e. The van der Waals surface area contributed by atoms with Gasteiger partial charge >= 0.3 is 0 Å². The van der Waals surface area contributed by atoms with E-state index in [1.165, 1.54) is 13.3 Å². The maximum absolute atomic E-state index is 12.6. The molecule has 3 aromatic rings. The summed E-state index contributed by atoms with van der Waals surface area (Å²) in [6, 6.07) is 14.1. The van der Waals surface area contributed by atoms with Gasteiger partial charge in [-0.3, -0.25) is 4.79 Å². The molecular formula is C20H19ClN4O3. The maximum atomic E-state index is 12.6. The number of nitrogens with zero attached hydrogens (tertiary/aromatic N) is 2. The molecule has 0 aliphatic heterocycles. The van der Waals surface area contributed by atoms with Crippen LogP contribution in [0.25, 0.3) is 0 Å². The Morgan fingerprint density at radius 1 is 1.07 bits per heavy atom. The molecule has 1 aromatic heterocycles. The number of nitrogens with one attached hydrogen (secondary N) is 2. The van der Waals surface area contributed by atoms with Crippen molar-refractivity contribution in [1.82, 2.24) is 9.97 Å². The van der Waals surface area contributed by atoms with Gasteiger partial charge in [0.25, 0.3) is 5.91 Å². The number of rotatable bonds is 7. The monoisotopic (exact) mass is 398 g/mol. The average molecular weight is 399 g/mol. The number of anilines is 2. The lowest BCUT2D eigenvalue weighted by atomic mass is 10.2. The van der Waals surface area contributed by atoms with Crippen LogP contribution in [-0.4, -0.2) is 30.1 Å². The quantitative estimate of drug-likeness (QED) is 0.625. The van der Waals surface area contributed by atoms with Gasteiger partial charge in [-0.15, -0.1) is 0 Å². The van der Waals surface area contributed by atoms with Crippen LogP contribution in [0, 0.1) is 0 Å². The summed E-state index contributed by atoms with van der Waals surface area (Å²) in [6.45, 7) is 0.508. The van der Waals surface area contributed by atoms with Gasteiger partial charge in [0, 0.05) is 23.8 Å². The van der Waals surface area contributed by atoms with Crippen LogP contribution in [0.3, 0.4) is 0 Å². The van der Waals surface area contributed by atoms with Crippen LogP contribution in [0.2, 0.25) is 5.02 Å². The number of ether oxygens (including phenoxy) is 2. The Morgan fingerprint density at radius 2 is 1.86 bits per heavy atom. The topological polar surface area (TPSA) is 85.4 Å². The Labute approximate surface area is 167 Å². The third-order valence-corrected chi connectivity index (χ3v) is 4.16. The van der Waals surface area contributed by atoms with E-state index in [-0.39, 0.29) is 11.6 Å². The average Bonchev–Trinajstić information content (AvgIpc) is 2.73. The van der Waals surface area contributed by atoms with Crippen molar-refractivity contribution in [2.75, 3.05) is 24.9 Å². The zero-order valence-corrected chi connectivity index (χ0v) is 16.2. The van der Waals surface area contributed by atoms with E-state index in [0.717, 1.165) is 5.56 Å². The summed E-state index contributed by atoms with van der Waals surface area (Å²) >= 11 is 5.88. The molecule has 0 spiro atoms. The molecule has 0 radical (unpaired) electrons. The van der Waals surface area contributed by atoms with Crippen molar-refractivity contribution >= 4 is 29.1 Å². The van der Waals surface area contributed by atoms with Crippen LogP contribution in [0.15, 0.2) is 54.7 Å². The van der Waals surface area contributed by atoms with Crippen molar-refractivity contribution < 1.29 is 14.3 Å². The Bertz CT molecular complexity index is 964. The highest BCUT2D eigenvalue weighted by molar-refractivity contribution is 6.30. The largest absolute Gasteiger partial charge is 0.497 e. The number of methoxy groups -OCH3 is 2. The van der Waals surface area contributed by atoms with Gasteiger partial charge < -0.3 is 20.1 Å². The number of carbonyl (C=O) groups excluding carboxylic acids is 1. The third kappa shape index (κ3) is 4.89. The van der Waals surface area contributed by atoms with Gasteiger partial charge in [-0.05, 0) is 35.9 Å². The second-order valence-electron chi connectivity index (χ2n) is 5.77. The van der Waals surface area contributed by atoms with E-state index in [2.05, 4.69) is 20.6 Å². The number of halogens is 1. The Morgan fingerprint density at radius 3 is 2.57 bits per heavy atom. The summed E-state index contributed by atoms with van der Waals surface area (Å²) in [6.07, 6.45) is 1.53. The number of benzene rings is 2. The lowest BCUT2D eigenvalue weighted by Crippen LogP contribution is -2.16. The van der Waals surface area contributed by atoms with E-state index >= 15 is 0 Å². The minimum Gasteiger partial charge on any atom is -0.497 e. The summed E-state index contributed by atoms with van der Waals surface area (Å²) in [5.41, 5.74) is 1.76. The van der Waals surface area contributed by atoms with E-state index in [0.29, 0.717) is 34.7 Å². The molecule has 0 saturated carbocycles. The molecule has 0 fully saturated rings. The van der Waals surface area contributed by atoms with Crippen molar-refractivity contribution in [1.29, 1.82) is 0 Å². The number of hydrogen-bond donors (Lipinski definition) is 2. The number of carbonyl (C=O) groups is 1. The van der Waals surface area contributed by atoms with E-state index in [1.807, 2.05) is 24.3 Å². The Kier molecular flexibility index (Phi) is 6.29. The van der Waals surface area contributed by atoms with Crippen LogP contribution < -0.4 is 20.1 Å². The third-order valence-electron chi connectivity index (χ3n) is 3.91. The molecule has 3 rings (SSSR count). The fourth-order valence-corrected chi connectivity index (χ4v) is 2.57. The number of hydrogen-bond acceptors (Lipinski definition) is 6. The first-order chi connectivity index (χ1) is 13.6. The number of amides is 1. The predicted octanol–water partition coefficient (Wildman–Crippen LogP) is 4.01. The number of aromatic nitrogens is 2. The molecule has 8 heteroatoms. The zero-order valence-electron chi connectivity index (χ0n) is 15.4. The fraction of sp³-hybridized carbons (Fsp3) is 0.150. The van der Waals surface area contributed by atoms with Crippen LogP contribution >= 0.6 is 11.6 Å². The van der Waals surface area contributed by atoms with Crippen molar-refractivity contribution in [2.45, 2.75) is 6.54 Å². The van der Waals surface area contributed by atoms with E-state index in [1.54, 1.807) is 31.4 Å². The van der Waals surface area contributed by atoms with Crippen LogP contribution in [0.4, 0.5) is 11.6 Å². The fourth-order valence-electron chi connectivity index (χ4n) is 2.44. The Hall–Kier alpha value is -3.32. The van der Waals surface area contributed by atoms with Gasteiger partial charge in [0.2, 0.25) is 5.95 Å². The summed E-state index contributed by atoms with van der Waals surface area (Å²) in [4.78, 5) is 21.0. The molecule has 0 unspecified atom stereocenters. The lowest BCUT2D eigenvalue weighted by molar-refractivity contribution is 0.102. The van der Waals surface area contributed by atoms with Gasteiger partial charge in [-0.1, -0.05) is 23.7 Å². The second kappa shape index (κ2) is 9.05. The van der Waals surface area contributed by atoms with E-state index in [4.69, 9.17) is 21.1 Å². The Balaban J connectivity index is 1.69. The summed E-state index contributed by atoms with van der Waals surface area (Å²) in [5, 5.41) is 6.55. The first kappa shape index (κ1) is 19.4. The van der Waals surface area contributed by atoms with Gasteiger partial charge in [-0.2, -0.15) is 0 Å². The molecule has 2 aromatic carbocycles. The van der Waals surface area contributed by atoms with Crippen molar-refractivity contribution in [3.05, 3.63) is 71.0 Å². The standard InChI is InChI=1S/C20H19ClN4O3/c1-27-15-7-8-16(18(11-15)28-2)24-19(26)17-9-10-22-20(25-17)23-12-13-3-5-14(21)6-4-13/h3-11H,12H2,1-2H3,(H,24,26)(H,22,23,25). The minimum absolute atomic E-state index is 0.228. The SMILES string of the molecule is COc1ccc(NC(=O)c2ccnc(NCc3ccc(Cl)cc3)n2)c(OC)c1. The molecule has 144 valence electrons. The molecule has 0 aliphatic carbocycles. The van der Waals surface area contributed by atoms with Crippen molar-refractivity contribution in [3.8, 4) is 11.5 Å². The molecule has 2 N–H and O–H groups in total. The lowest BCUT2D eigenvalue weighted by Gasteiger charge is -2.12. The van der Waals surface area contributed by atoms with Crippen LogP contribution in [0.5, 0.6) is 11.5 Å². The second-order valence-corrected chi connectivity index (χ2v) is 6.20. The van der Waals surface area contributed by atoms with E-state index < -0.39 is 0 Å². The molecule has 1 amide bonds. The first-order valence-electron chi connectivity index (χ1n) is 8.44. The van der Waals surface area contributed by atoms with Crippen LogP contribution in [0.1, 0.15) is 16.1 Å². The highest BCUT2D eigenvalue weighted by Gasteiger charge is 2.13. The maximum Gasteiger partial charge on any atom is 0.274 e.